The van der Waals surface area contributed by atoms with Crippen LogP contribution in [-0.4, -0.2) is 47.9 Å². The van der Waals surface area contributed by atoms with Crippen molar-refractivity contribution in [3.8, 4) is 0 Å². The first kappa shape index (κ1) is 21.5. The van der Waals surface area contributed by atoms with Gasteiger partial charge in [-0.15, -0.1) is 0 Å². The largest absolute Gasteiger partial charge is 0.419 e. The highest BCUT2D eigenvalue weighted by atomic mass is 19.4. The van der Waals surface area contributed by atoms with E-state index < -0.39 is 46.7 Å². The van der Waals surface area contributed by atoms with Crippen LogP contribution in [-0.2, 0) is 6.18 Å². The van der Waals surface area contributed by atoms with Crippen molar-refractivity contribution in [3.63, 3.8) is 0 Å². The average molecular weight is 431 g/mol. The lowest BCUT2D eigenvalue weighted by molar-refractivity contribution is -0.139. The van der Waals surface area contributed by atoms with E-state index in [0.29, 0.717) is 12.1 Å². The molecule has 0 aliphatic carbocycles. The van der Waals surface area contributed by atoms with Crippen molar-refractivity contribution in [2.45, 2.75) is 6.18 Å². The molecule has 0 unspecified atom stereocenters. The molecule has 5 nitrogen and oxygen atoms in total. The van der Waals surface area contributed by atoms with Crippen LogP contribution in [0.25, 0.3) is 0 Å². The third-order valence-corrected chi connectivity index (χ3v) is 4.55. The van der Waals surface area contributed by atoms with E-state index in [-0.39, 0.29) is 31.9 Å². The maximum atomic E-state index is 13.8. The Labute approximate surface area is 166 Å². The molecule has 0 radical (unpaired) electrons. The number of hydrogen-bond acceptors (Lipinski definition) is 2. The van der Waals surface area contributed by atoms with Gasteiger partial charge in [-0.3, -0.25) is 4.79 Å². The number of hydrogen-bond donors (Lipinski definition) is 1. The molecule has 2 aromatic carbocycles. The van der Waals surface area contributed by atoms with Gasteiger partial charge in [0.05, 0.1) is 5.56 Å². The molecule has 3 amide bonds. The van der Waals surface area contributed by atoms with Gasteiger partial charge in [-0.25, -0.2) is 18.0 Å². The number of alkyl halides is 3. The Morgan fingerprint density at radius 2 is 1.40 bits per heavy atom. The van der Waals surface area contributed by atoms with Crippen LogP contribution >= 0.6 is 0 Å². The molecule has 11 heteroatoms. The summed E-state index contributed by atoms with van der Waals surface area (Å²) >= 11 is 0. The van der Waals surface area contributed by atoms with Crippen molar-refractivity contribution in [1.29, 1.82) is 0 Å². The van der Waals surface area contributed by atoms with Crippen molar-refractivity contribution in [1.82, 2.24) is 9.80 Å². The fraction of sp³-hybridized carbons (Fsp3) is 0.263. The Morgan fingerprint density at radius 3 is 1.97 bits per heavy atom. The average Bonchev–Trinajstić information content (AvgIpc) is 2.68. The van der Waals surface area contributed by atoms with Crippen molar-refractivity contribution in [2.24, 2.45) is 0 Å². The molecule has 1 saturated heterocycles. The van der Waals surface area contributed by atoms with E-state index in [1.807, 2.05) is 0 Å². The highest BCUT2D eigenvalue weighted by molar-refractivity contribution is 5.95. The molecule has 3 rings (SSSR count). The topological polar surface area (TPSA) is 52.7 Å². The summed E-state index contributed by atoms with van der Waals surface area (Å²) in [7, 11) is 0. The number of nitrogens with one attached hydrogen (secondary N) is 1. The molecule has 0 spiro atoms. The second kappa shape index (κ2) is 8.25. The Balaban J connectivity index is 1.63. The summed E-state index contributed by atoms with van der Waals surface area (Å²) in [5, 5.41) is 2.24. The number of urea groups is 1. The Morgan fingerprint density at radius 1 is 0.833 bits per heavy atom. The number of nitrogens with zero attached hydrogens (tertiary/aromatic N) is 2. The summed E-state index contributed by atoms with van der Waals surface area (Å²) < 4.78 is 79.2. The zero-order valence-electron chi connectivity index (χ0n) is 15.3. The van der Waals surface area contributed by atoms with Gasteiger partial charge < -0.3 is 15.1 Å². The maximum Gasteiger partial charge on any atom is 0.419 e. The first-order valence-electron chi connectivity index (χ1n) is 8.74. The molecule has 0 atom stereocenters. The van der Waals surface area contributed by atoms with Crippen molar-refractivity contribution in [2.75, 3.05) is 31.5 Å². The molecule has 1 heterocycles. The minimum Gasteiger partial charge on any atom is -0.335 e. The SMILES string of the molecule is O=C(Nc1ccc(F)c(C(F)(F)F)c1)N1CCN(C(=O)c2c(F)cccc2F)CC1. The third-order valence-electron chi connectivity index (χ3n) is 4.55. The van der Waals surface area contributed by atoms with Crippen molar-refractivity contribution >= 4 is 17.6 Å². The summed E-state index contributed by atoms with van der Waals surface area (Å²) in [4.78, 5) is 27.0. The fourth-order valence-corrected chi connectivity index (χ4v) is 3.00. The molecule has 1 aliphatic heterocycles. The van der Waals surface area contributed by atoms with Crippen LogP contribution in [0.2, 0.25) is 0 Å². The number of carbonyl (C=O) groups excluding carboxylic acids is 2. The summed E-state index contributed by atoms with van der Waals surface area (Å²) in [5.41, 5.74) is -2.45. The van der Waals surface area contributed by atoms with E-state index in [1.54, 1.807) is 0 Å². The molecular formula is C19H15F6N3O2. The second-order valence-corrected chi connectivity index (χ2v) is 6.50. The minimum atomic E-state index is -4.92. The van der Waals surface area contributed by atoms with E-state index in [2.05, 4.69) is 5.32 Å². The van der Waals surface area contributed by atoms with Crippen LogP contribution in [0.4, 0.5) is 36.8 Å². The monoisotopic (exact) mass is 431 g/mol. The standard InChI is InChI=1S/C19H15F6N3O2/c20-13-5-4-11(10-12(13)19(23,24)25)26-18(30)28-8-6-27(7-9-28)17(29)16-14(21)2-1-3-15(16)22/h1-5,10H,6-9H2,(H,26,30). The zero-order valence-corrected chi connectivity index (χ0v) is 15.3. The smallest absolute Gasteiger partial charge is 0.335 e. The van der Waals surface area contributed by atoms with E-state index in [4.69, 9.17) is 0 Å². The van der Waals surface area contributed by atoms with Gasteiger partial charge in [0, 0.05) is 31.9 Å². The van der Waals surface area contributed by atoms with Crippen LogP contribution < -0.4 is 5.32 Å². The Bertz CT molecular complexity index is 951. The van der Waals surface area contributed by atoms with Gasteiger partial charge in [0.1, 0.15) is 23.0 Å². The molecule has 1 fully saturated rings. The number of carbonyl (C=O) groups is 2. The van der Waals surface area contributed by atoms with Crippen molar-refractivity contribution in [3.05, 3.63) is 65.0 Å². The molecule has 1 aliphatic rings. The maximum absolute atomic E-state index is 13.8. The lowest BCUT2D eigenvalue weighted by Crippen LogP contribution is -2.52. The van der Waals surface area contributed by atoms with E-state index in [0.717, 1.165) is 24.3 Å². The van der Waals surface area contributed by atoms with Crippen LogP contribution in [0.1, 0.15) is 15.9 Å². The molecule has 0 bridgehead atoms. The minimum absolute atomic E-state index is 0.0129. The third kappa shape index (κ3) is 4.50. The summed E-state index contributed by atoms with van der Waals surface area (Å²) in [6.45, 7) is -0.0869. The molecule has 30 heavy (non-hydrogen) atoms. The Hall–Kier alpha value is -3.24. The fourth-order valence-electron chi connectivity index (χ4n) is 3.00. The van der Waals surface area contributed by atoms with Crippen LogP contribution in [0.3, 0.4) is 0 Å². The number of anilines is 1. The van der Waals surface area contributed by atoms with Gasteiger partial charge >= 0.3 is 12.2 Å². The molecule has 2 aromatic rings. The lowest BCUT2D eigenvalue weighted by Gasteiger charge is -2.34. The first-order valence-corrected chi connectivity index (χ1v) is 8.74. The van der Waals surface area contributed by atoms with Crippen LogP contribution in [0, 0.1) is 17.5 Å². The normalized spacial score (nSPS) is 14.6. The number of amides is 3. The highest BCUT2D eigenvalue weighted by Crippen LogP contribution is 2.33. The van der Waals surface area contributed by atoms with Gasteiger partial charge in [0.25, 0.3) is 5.91 Å². The summed E-state index contributed by atoms with van der Waals surface area (Å²) in [6.07, 6.45) is -4.92. The second-order valence-electron chi connectivity index (χ2n) is 6.50. The molecule has 160 valence electrons. The highest BCUT2D eigenvalue weighted by Gasteiger charge is 2.34. The van der Waals surface area contributed by atoms with Gasteiger partial charge in [-0.1, -0.05) is 6.07 Å². The van der Waals surface area contributed by atoms with Crippen LogP contribution in [0.15, 0.2) is 36.4 Å². The number of rotatable bonds is 2. The predicted octanol–water partition coefficient (Wildman–Crippen LogP) is 4.11. The number of benzene rings is 2. The lowest BCUT2D eigenvalue weighted by atomic mass is 10.1. The number of halogens is 6. The van der Waals surface area contributed by atoms with Gasteiger partial charge in [0.2, 0.25) is 0 Å². The first-order chi connectivity index (χ1) is 14.1. The molecule has 0 saturated carbocycles. The summed E-state index contributed by atoms with van der Waals surface area (Å²) in [6, 6.07) is 4.35. The predicted molar refractivity (Wildman–Crippen MR) is 94.3 cm³/mol. The van der Waals surface area contributed by atoms with Gasteiger partial charge in [-0.05, 0) is 30.3 Å². The molecular weight excluding hydrogens is 416 g/mol. The van der Waals surface area contributed by atoms with E-state index in [9.17, 15) is 35.9 Å². The number of piperazine rings is 1. The van der Waals surface area contributed by atoms with Gasteiger partial charge in [-0.2, -0.15) is 13.2 Å². The van der Waals surface area contributed by atoms with E-state index >= 15 is 0 Å². The summed E-state index contributed by atoms with van der Waals surface area (Å²) in [5.74, 6) is -4.33. The van der Waals surface area contributed by atoms with Gasteiger partial charge in [0.15, 0.2) is 0 Å². The Kier molecular flexibility index (Phi) is 5.90. The van der Waals surface area contributed by atoms with Crippen molar-refractivity contribution < 1.29 is 35.9 Å². The van der Waals surface area contributed by atoms with Crippen LogP contribution in [0.5, 0.6) is 0 Å². The zero-order chi connectivity index (χ0) is 22.1. The molecule has 1 N–H and O–H groups in total. The molecule has 0 aromatic heterocycles. The van der Waals surface area contributed by atoms with E-state index in [1.165, 1.54) is 9.80 Å². The quantitative estimate of drug-likeness (QED) is 0.728.